The van der Waals surface area contributed by atoms with Crippen molar-refractivity contribution in [3.05, 3.63) is 53.8 Å². The highest BCUT2D eigenvalue weighted by atomic mass is 16.5. The first kappa shape index (κ1) is 14.9. The van der Waals surface area contributed by atoms with Crippen molar-refractivity contribution < 1.29 is 4.74 Å². The molecule has 2 rings (SSSR count). The number of hydrogen-bond donors (Lipinski definition) is 0. The highest BCUT2D eigenvalue weighted by molar-refractivity contribution is 5.61. The molecule has 0 bridgehead atoms. The fourth-order valence-corrected chi connectivity index (χ4v) is 2.53. The first-order valence-electron chi connectivity index (χ1n) is 8.02. The SMILES string of the molecule is CCCCCCCCC1=CCC=C(c2ccccc2)O1. The minimum atomic E-state index is 0.995. The van der Waals surface area contributed by atoms with Gasteiger partial charge in [0, 0.05) is 12.0 Å². The summed E-state index contributed by atoms with van der Waals surface area (Å²) in [4.78, 5) is 0. The Balaban J connectivity index is 1.71. The van der Waals surface area contributed by atoms with Gasteiger partial charge in [-0.15, -0.1) is 0 Å². The largest absolute Gasteiger partial charge is 0.462 e. The van der Waals surface area contributed by atoms with Crippen LogP contribution in [0.25, 0.3) is 5.76 Å². The van der Waals surface area contributed by atoms with E-state index in [-0.39, 0.29) is 0 Å². The zero-order valence-corrected chi connectivity index (χ0v) is 12.6. The molecule has 0 aromatic heterocycles. The van der Waals surface area contributed by atoms with Crippen molar-refractivity contribution in [2.24, 2.45) is 0 Å². The molecule has 0 atom stereocenters. The smallest absolute Gasteiger partial charge is 0.130 e. The molecule has 0 N–H and O–H groups in total. The van der Waals surface area contributed by atoms with Crippen molar-refractivity contribution >= 4 is 5.76 Å². The Morgan fingerprint density at radius 2 is 1.65 bits per heavy atom. The van der Waals surface area contributed by atoms with Crippen LogP contribution in [0.5, 0.6) is 0 Å². The third-order valence-corrected chi connectivity index (χ3v) is 3.72. The molecule has 1 aromatic rings. The molecule has 0 saturated heterocycles. The maximum Gasteiger partial charge on any atom is 0.130 e. The number of hydrogen-bond acceptors (Lipinski definition) is 1. The van der Waals surface area contributed by atoms with Crippen LogP contribution in [0.3, 0.4) is 0 Å². The molecule has 0 aliphatic carbocycles. The standard InChI is InChI=1S/C19H26O/c1-2-3-4-5-6-10-14-18-15-11-16-19(20-18)17-12-8-7-9-13-17/h7-9,12-13,15-16H,2-6,10-11,14H2,1H3. The van der Waals surface area contributed by atoms with Crippen LogP contribution in [-0.2, 0) is 4.74 Å². The van der Waals surface area contributed by atoms with Gasteiger partial charge in [-0.3, -0.25) is 0 Å². The van der Waals surface area contributed by atoms with Crippen molar-refractivity contribution in [1.82, 2.24) is 0 Å². The highest BCUT2D eigenvalue weighted by Gasteiger charge is 2.09. The second kappa shape index (κ2) is 8.63. The van der Waals surface area contributed by atoms with Crippen molar-refractivity contribution in [1.29, 1.82) is 0 Å². The molecule has 20 heavy (non-hydrogen) atoms. The van der Waals surface area contributed by atoms with Crippen molar-refractivity contribution in [2.75, 3.05) is 0 Å². The van der Waals surface area contributed by atoms with Crippen molar-refractivity contribution in [3.8, 4) is 0 Å². The van der Waals surface area contributed by atoms with E-state index in [2.05, 4.69) is 43.3 Å². The first-order valence-corrected chi connectivity index (χ1v) is 8.02. The average molecular weight is 270 g/mol. The lowest BCUT2D eigenvalue weighted by molar-refractivity contribution is 0.348. The molecule has 1 aromatic carbocycles. The number of allylic oxidation sites excluding steroid dienone is 3. The minimum absolute atomic E-state index is 0.995. The van der Waals surface area contributed by atoms with Crippen LogP contribution in [0.15, 0.2) is 48.2 Å². The quantitative estimate of drug-likeness (QED) is 0.520. The van der Waals surface area contributed by atoms with Crippen LogP contribution < -0.4 is 0 Å². The fraction of sp³-hybridized carbons (Fsp3) is 0.474. The fourth-order valence-electron chi connectivity index (χ4n) is 2.53. The summed E-state index contributed by atoms with van der Waals surface area (Å²) in [6.45, 7) is 2.26. The van der Waals surface area contributed by atoms with Gasteiger partial charge in [0.25, 0.3) is 0 Å². The summed E-state index contributed by atoms with van der Waals surface area (Å²) in [6.07, 6.45) is 14.5. The Kier molecular flexibility index (Phi) is 6.43. The van der Waals surface area contributed by atoms with Gasteiger partial charge >= 0.3 is 0 Å². The van der Waals surface area contributed by atoms with E-state index in [0.717, 1.165) is 24.4 Å². The molecule has 1 heterocycles. The van der Waals surface area contributed by atoms with Gasteiger partial charge in [-0.1, -0.05) is 69.4 Å². The van der Waals surface area contributed by atoms with Gasteiger partial charge in [-0.05, 0) is 25.0 Å². The summed E-state index contributed by atoms with van der Waals surface area (Å²) in [7, 11) is 0. The molecular formula is C19H26O. The van der Waals surface area contributed by atoms with E-state index < -0.39 is 0 Å². The second-order valence-corrected chi connectivity index (χ2v) is 5.46. The summed E-state index contributed by atoms with van der Waals surface area (Å²) >= 11 is 0. The van der Waals surface area contributed by atoms with Gasteiger partial charge in [-0.25, -0.2) is 0 Å². The molecule has 1 aliphatic heterocycles. The van der Waals surface area contributed by atoms with Crippen LogP contribution in [0.1, 0.15) is 63.9 Å². The van der Waals surface area contributed by atoms with Crippen molar-refractivity contribution in [3.63, 3.8) is 0 Å². The van der Waals surface area contributed by atoms with E-state index in [1.807, 2.05) is 6.07 Å². The molecule has 0 saturated carbocycles. The Morgan fingerprint density at radius 1 is 0.900 bits per heavy atom. The Morgan fingerprint density at radius 3 is 2.45 bits per heavy atom. The third kappa shape index (κ3) is 4.88. The topological polar surface area (TPSA) is 9.23 Å². The normalized spacial score (nSPS) is 14.4. The minimum Gasteiger partial charge on any atom is -0.462 e. The zero-order chi connectivity index (χ0) is 14.0. The zero-order valence-electron chi connectivity index (χ0n) is 12.6. The Bertz CT molecular complexity index is 442. The van der Waals surface area contributed by atoms with Crippen LogP contribution in [-0.4, -0.2) is 0 Å². The van der Waals surface area contributed by atoms with Gasteiger partial charge in [-0.2, -0.15) is 0 Å². The molecular weight excluding hydrogens is 244 g/mol. The van der Waals surface area contributed by atoms with Gasteiger partial charge < -0.3 is 4.74 Å². The first-order chi connectivity index (χ1) is 9.90. The number of ether oxygens (including phenoxy) is 1. The maximum absolute atomic E-state index is 6.02. The molecule has 1 aliphatic rings. The van der Waals surface area contributed by atoms with E-state index >= 15 is 0 Å². The van der Waals surface area contributed by atoms with Gasteiger partial charge in [0.05, 0.1) is 0 Å². The molecule has 0 amide bonds. The Labute approximate surface area is 123 Å². The van der Waals surface area contributed by atoms with Gasteiger partial charge in [0.1, 0.15) is 11.5 Å². The molecule has 1 heteroatoms. The maximum atomic E-state index is 6.02. The summed E-state index contributed by atoms with van der Waals surface area (Å²) in [5.74, 6) is 2.18. The lowest BCUT2D eigenvalue weighted by Crippen LogP contribution is -1.98. The van der Waals surface area contributed by atoms with Crippen LogP contribution in [0.4, 0.5) is 0 Å². The second-order valence-electron chi connectivity index (χ2n) is 5.46. The monoisotopic (exact) mass is 270 g/mol. The highest BCUT2D eigenvalue weighted by Crippen LogP contribution is 2.26. The van der Waals surface area contributed by atoms with Gasteiger partial charge in [0.2, 0.25) is 0 Å². The van der Waals surface area contributed by atoms with Gasteiger partial charge in [0.15, 0.2) is 0 Å². The number of unbranched alkanes of at least 4 members (excludes halogenated alkanes) is 5. The van der Waals surface area contributed by atoms with E-state index in [9.17, 15) is 0 Å². The summed E-state index contributed by atoms with van der Waals surface area (Å²) < 4.78 is 6.02. The summed E-state index contributed by atoms with van der Waals surface area (Å²) in [6, 6.07) is 10.4. The third-order valence-electron chi connectivity index (χ3n) is 3.72. The van der Waals surface area contributed by atoms with Crippen LogP contribution >= 0.6 is 0 Å². The predicted molar refractivity (Wildman–Crippen MR) is 86.2 cm³/mol. The van der Waals surface area contributed by atoms with E-state index in [4.69, 9.17) is 4.74 Å². The predicted octanol–water partition coefficient (Wildman–Crippen LogP) is 6.08. The average Bonchev–Trinajstić information content (AvgIpc) is 2.52. The molecule has 0 radical (unpaired) electrons. The van der Waals surface area contributed by atoms with Crippen LogP contribution in [0.2, 0.25) is 0 Å². The molecule has 1 nitrogen and oxygen atoms in total. The van der Waals surface area contributed by atoms with E-state index in [1.54, 1.807) is 0 Å². The molecule has 0 spiro atoms. The van der Waals surface area contributed by atoms with Crippen LogP contribution in [0, 0.1) is 0 Å². The molecule has 108 valence electrons. The summed E-state index contributed by atoms with van der Waals surface area (Å²) in [5.41, 5.74) is 1.18. The van der Waals surface area contributed by atoms with Crippen molar-refractivity contribution in [2.45, 2.75) is 58.3 Å². The van der Waals surface area contributed by atoms with E-state index in [0.29, 0.717) is 0 Å². The lowest BCUT2D eigenvalue weighted by atomic mass is 10.1. The summed E-state index contributed by atoms with van der Waals surface area (Å²) in [5, 5.41) is 0. The Hall–Kier alpha value is -1.50. The number of benzene rings is 1. The molecule has 0 unspecified atom stereocenters. The number of rotatable bonds is 8. The van der Waals surface area contributed by atoms with E-state index in [1.165, 1.54) is 44.1 Å². The molecule has 0 fully saturated rings. The lowest BCUT2D eigenvalue weighted by Gasteiger charge is -2.17.